The Morgan fingerprint density at radius 1 is 0.333 bits per heavy atom. The van der Waals surface area contributed by atoms with Crippen LogP contribution in [0.4, 0.5) is 0 Å². The number of epoxide rings is 6. The van der Waals surface area contributed by atoms with Gasteiger partial charge in [-0.1, -0.05) is 156 Å². The van der Waals surface area contributed by atoms with E-state index in [0.29, 0.717) is 92.5 Å². The summed E-state index contributed by atoms with van der Waals surface area (Å²) in [6, 6.07) is 0. The monoisotopic (exact) mass is 975 g/mol. The molecule has 0 amide bonds. The summed E-state index contributed by atoms with van der Waals surface area (Å²) in [7, 11) is 0. The SMILES string of the molecule is CCCCCCCC1OC1CCCCCCCCC(=O)OCC(COC(=O)CCCCCCCC1OC1CC1OC1CC1OC1CC)OC(=O)CCCCCCCC1OC1CC1OC1CCCCC. The van der Waals surface area contributed by atoms with E-state index in [9.17, 15) is 14.4 Å². The second-order valence-corrected chi connectivity index (χ2v) is 21.8. The molecule has 0 N–H and O–H groups in total. The van der Waals surface area contributed by atoms with Gasteiger partial charge in [-0.3, -0.25) is 14.4 Å². The molecule has 0 aromatic rings. The Morgan fingerprint density at radius 3 is 1.01 bits per heavy atom. The lowest BCUT2D eigenvalue weighted by atomic mass is 10.0. The molecule has 6 rings (SSSR count). The van der Waals surface area contributed by atoms with Gasteiger partial charge in [-0.2, -0.15) is 0 Å². The van der Waals surface area contributed by atoms with Crippen molar-refractivity contribution >= 4 is 17.9 Å². The van der Waals surface area contributed by atoms with Gasteiger partial charge in [0.25, 0.3) is 0 Å². The summed E-state index contributed by atoms with van der Waals surface area (Å²) in [6.07, 6.45) is 41.9. The predicted octanol–water partition coefficient (Wildman–Crippen LogP) is 12.7. The van der Waals surface area contributed by atoms with Gasteiger partial charge >= 0.3 is 17.9 Å². The number of esters is 3. The number of hydrogen-bond donors (Lipinski definition) is 0. The fourth-order valence-electron chi connectivity index (χ4n) is 10.7. The van der Waals surface area contributed by atoms with Crippen molar-refractivity contribution in [3.8, 4) is 0 Å². The molecule has 6 heterocycles. The number of hydrogen-bond acceptors (Lipinski definition) is 12. The summed E-state index contributed by atoms with van der Waals surface area (Å²) in [4.78, 5) is 38.4. The van der Waals surface area contributed by atoms with E-state index in [-0.39, 0.29) is 31.1 Å². The van der Waals surface area contributed by atoms with Crippen molar-refractivity contribution in [1.82, 2.24) is 0 Å². The summed E-state index contributed by atoms with van der Waals surface area (Å²) in [5.41, 5.74) is 0. The summed E-state index contributed by atoms with van der Waals surface area (Å²) in [5, 5.41) is 0. The highest BCUT2D eigenvalue weighted by Crippen LogP contribution is 2.42. The second-order valence-electron chi connectivity index (χ2n) is 21.8. The average Bonchev–Trinajstić information content (AvgIpc) is 4.09. The molecule has 0 saturated carbocycles. The van der Waals surface area contributed by atoms with E-state index in [1.165, 1.54) is 89.9 Å². The lowest BCUT2D eigenvalue weighted by Gasteiger charge is -2.18. The van der Waals surface area contributed by atoms with Crippen LogP contribution in [0.5, 0.6) is 0 Å². The maximum Gasteiger partial charge on any atom is 0.306 e. The van der Waals surface area contributed by atoms with Crippen LogP contribution in [0, 0.1) is 0 Å². The second kappa shape index (κ2) is 32.4. The first kappa shape index (κ1) is 56.5. The van der Waals surface area contributed by atoms with Crippen molar-refractivity contribution in [2.75, 3.05) is 13.2 Å². The summed E-state index contributed by atoms with van der Waals surface area (Å²) < 4.78 is 52.1. The van der Waals surface area contributed by atoms with Gasteiger partial charge in [-0.05, 0) is 57.8 Å². The molecule has 12 nitrogen and oxygen atoms in total. The molecule has 0 aromatic carbocycles. The Hall–Kier alpha value is -1.83. The maximum atomic E-state index is 12.9. The van der Waals surface area contributed by atoms with Gasteiger partial charge in [-0.25, -0.2) is 0 Å². The number of unbranched alkanes of at least 4 members (excludes halogenated alkanes) is 19. The fraction of sp³-hybridized carbons (Fsp3) is 0.947. The molecule has 13 atom stereocenters. The number of carbonyl (C=O) groups excluding carboxylic acids is 3. The van der Waals surface area contributed by atoms with Gasteiger partial charge in [0.15, 0.2) is 6.10 Å². The van der Waals surface area contributed by atoms with Crippen LogP contribution in [-0.4, -0.2) is 110 Å². The lowest BCUT2D eigenvalue weighted by Crippen LogP contribution is -2.30. The lowest BCUT2D eigenvalue weighted by molar-refractivity contribution is -0.167. The summed E-state index contributed by atoms with van der Waals surface area (Å²) >= 11 is 0. The molecule has 6 aliphatic rings. The average molecular weight is 975 g/mol. The molecule has 6 saturated heterocycles. The van der Waals surface area contributed by atoms with Gasteiger partial charge in [0, 0.05) is 38.5 Å². The standard InChI is InChI=1S/C57H98O12/c1-4-7-9-14-22-30-44-45(65-44)31-23-15-10-11-18-26-34-55(58)61-40-42(63-57(60)36-28-20-13-17-25-32-47-51(67-47)38-50-46(66-50)29-21-8-5-2)41-62-56(59)35-27-19-12-16-24-33-48-52(68-48)39-54-53(69-54)37-49-43(6-3)64-49/h42-54H,4-41H2,1-3H3. The van der Waals surface area contributed by atoms with E-state index < -0.39 is 6.10 Å². The molecule has 0 spiro atoms. The Morgan fingerprint density at radius 2 is 0.609 bits per heavy atom. The van der Waals surface area contributed by atoms with Crippen molar-refractivity contribution in [2.24, 2.45) is 0 Å². The Bertz CT molecular complexity index is 1430. The van der Waals surface area contributed by atoms with Crippen LogP contribution in [0.2, 0.25) is 0 Å². The van der Waals surface area contributed by atoms with Crippen LogP contribution in [-0.2, 0) is 57.0 Å². The van der Waals surface area contributed by atoms with Gasteiger partial charge < -0.3 is 42.6 Å². The quantitative estimate of drug-likeness (QED) is 0.0247. The topological polar surface area (TPSA) is 154 Å². The first-order valence-electron chi connectivity index (χ1n) is 29.3. The van der Waals surface area contributed by atoms with Crippen molar-refractivity contribution in [3.05, 3.63) is 0 Å². The van der Waals surface area contributed by atoms with Crippen molar-refractivity contribution in [1.29, 1.82) is 0 Å². The van der Waals surface area contributed by atoms with Crippen molar-refractivity contribution in [3.63, 3.8) is 0 Å². The van der Waals surface area contributed by atoms with Crippen LogP contribution in [0.1, 0.15) is 252 Å². The normalized spacial score (nSPS) is 29.6. The molecule has 13 unspecified atom stereocenters. The minimum absolute atomic E-state index is 0.105. The minimum atomic E-state index is -0.813. The zero-order chi connectivity index (χ0) is 48.5. The summed E-state index contributed by atoms with van der Waals surface area (Å²) in [5.74, 6) is -0.957. The van der Waals surface area contributed by atoms with Gasteiger partial charge in [0.1, 0.15) is 13.2 Å². The molecule has 0 radical (unpaired) electrons. The zero-order valence-electron chi connectivity index (χ0n) is 43.8. The zero-order valence-corrected chi connectivity index (χ0v) is 43.8. The van der Waals surface area contributed by atoms with E-state index >= 15 is 0 Å². The van der Waals surface area contributed by atoms with Crippen LogP contribution in [0.3, 0.4) is 0 Å². The Labute approximate surface area is 418 Å². The minimum Gasteiger partial charge on any atom is -0.462 e. The van der Waals surface area contributed by atoms with E-state index in [1.54, 1.807) is 0 Å². The van der Waals surface area contributed by atoms with Crippen molar-refractivity contribution in [2.45, 2.75) is 331 Å². The van der Waals surface area contributed by atoms with Gasteiger partial charge in [-0.15, -0.1) is 0 Å². The first-order valence-corrected chi connectivity index (χ1v) is 29.3. The van der Waals surface area contributed by atoms with E-state index in [4.69, 9.17) is 42.6 Å². The predicted molar refractivity (Wildman–Crippen MR) is 267 cm³/mol. The van der Waals surface area contributed by atoms with Crippen LogP contribution >= 0.6 is 0 Å². The summed E-state index contributed by atoms with van der Waals surface area (Å²) in [6.45, 7) is 6.46. The molecule has 6 aliphatic heterocycles. The first-order chi connectivity index (χ1) is 33.8. The van der Waals surface area contributed by atoms with Crippen LogP contribution in [0.15, 0.2) is 0 Å². The highest BCUT2D eigenvalue weighted by atomic mass is 16.6. The Kier molecular flexibility index (Phi) is 26.5. The third-order valence-electron chi connectivity index (χ3n) is 15.6. The smallest absolute Gasteiger partial charge is 0.306 e. The van der Waals surface area contributed by atoms with E-state index in [2.05, 4.69) is 20.8 Å². The van der Waals surface area contributed by atoms with E-state index in [1.807, 2.05) is 0 Å². The van der Waals surface area contributed by atoms with Crippen LogP contribution in [0.25, 0.3) is 0 Å². The number of carbonyl (C=O) groups is 3. The van der Waals surface area contributed by atoms with E-state index in [0.717, 1.165) is 122 Å². The molecule has 69 heavy (non-hydrogen) atoms. The molecular weight excluding hydrogens is 877 g/mol. The number of rotatable bonds is 47. The van der Waals surface area contributed by atoms with Crippen molar-refractivity contribution < 1.29 is 57.0 Å². The maximum absolute atomic E-state index is 12.9. The van der Waals surface area contributed by atoms with Gasteiger partial charge in [0.2, 0.25) is 0 Å². The largest absolute Gasteiger partial charge is 0.462 e. The number of ether oxygens (including phenoxy) is 9. The third kappa shape index (κ3) is 24.6. The molecule has 0 aliphatic carbocycles. The molecule has 0 bridgehead atoms. The highest BCUT2D eigenvalue weighted by Gasteiger charge is 2.51. The fourth-order valence-corrected chi connectivity index (χ4v) is 10.7. The molecule has 0 aromatic heterocycles. The van der Waals surface area contributed by atoms with Gasteiger partial charge in [0.05, 0.1) is 73.2 Å². The molecule has 398 valence electrons. The third-order valence-corrected chi connectivity index (χ3v) is 15.6. The Balaban J connectivity index is 0.761. The van der Waals surface area contributed by atoms with Crippen LogP contribution < -0.4 is 0 Å². The molecular formula is C57H98O12. The molecule has 6 fully saturated rings. The highest BCUT2D eigenvalue weighted by molar-refractivity contribution is 5.71. The molecule has 12 heteroatoms.